The van der Waals surface area contributed by atoms with E-state index in [2.05, 4.69) is 26.6 Å². The molecule has 1 aliphatic heterocycles. The molecule has 0 bridgehead atoms. The molecule has 1 fully saturated rings. The van der Waals surface area contributed by atoms with E-state index in [-0.39, 0.29) is 142 Å². The topological polar surface area (TPSA) is 253 Å². The molecule has 3 atom stereocenters. The minimum absolute atomic E-state index is 0. The molecule has 1 aliphatic rings. The third-order valence-electron chi connectivity index (χ3n) is 12.1. The first-order valence-corrected chi connectivity index (χ1v) is 26.2. The van der Waals surface area contributed by atoms with Crippen molar-refractivity contribution < 1.29 is 88.8 Å². The van der Waals surface area contributed by atoms with Crippen LogP contribution in [0.4, 0.5) is 16.2 Å². The number of urea groups is 1. The summed E-state index contributed by atoms with van der Waals surface area (Å²) in [6, 6.07) is 13.4. The van der Waals surface area contributed by atoms with Gasteiger partial charge in [-0.15, -0.1) is 0 Å². The number of amides is 4. The molecular weight excluding hydrogens is 1130 g/mol. The summed E-state index contributed by atoms with van der Waals surface area (Å²) in [6.07, 6.45) is 4.95. The van der Waals surface area contributed by atoms with Crippen LogP contribution in [0.5, 0.6) is 0 Å². The summed E-state index contributed by atoms with van der Waals surface area (Å²) < 4.78 is 0. The third kappa shape index (κ3) is 27.0. The van der Waals surface area contributed by atoms with Crippen LogP contribution >= 0.6 is 36.2 Å². The number of Topliss-reactive ketones (excluding diaryl/α,β-unsaturated/α-hetero) is 1. The minimum Gasteiger partial charge on any atom is -0.480 e. The Balaban J connectivity index is 0.0000178. The van der Waals surface area contributed by atoms with E-state index < -0.39 is 35.9 Å². The van der Waals surface area contributed by atoms with Gasteiger partial charge in [0.2, 0.25) is 11.8 Å². The molecule has 4 amide bonds. The molecule has 8 N–H and O–H groups in total. The number of carbonyl (C=O) groups excluding carboxylic acids is 4. The van der Waals surface area contributed by atoms with Gasteiger partial charge in [0, 0.05) is 136 Å². The summed E-state index contributed by atoms with van der Waals surface area (Å²) in [5, 5.41) is 43.1. The quantitative estimate of drug-likeness (QED) is 0.0444. The first kappa shape index (κ1) is 64.3. The Labute approximate surface area is 470 Å². The van der Waals surface area contributed by atoms with Crippen LogP contribution in [-0.4, -0.2) is 189 Å². The van der Waals surface area contributed by atoms with E-state index in [9.17, 15) is 48.9 Å². The van der Waals surface area contributed by atoms with Gasteiger partial charge in [0.1, 0.15) is 0 Å². The van der Waals surface area contributed by atoms with Crippen molar-refractivity contribution in [2.75, 3.05) is 108 Å². The molecule has 2 aromatic carbocycles. The van der Waals surface area contributed by atoms with Gasteiger partial charge in [-0.3, -0.25) is 48.4 Å². The molecule has 0 unspecified atom stereocenters. The Morgan fingerprint density at radius 2 is 1.17 bits per heavy atom. The van der Waals surface area contributed by atoms with Crippen molar-refractivity contribution in [3.8, 4) is 0 Å². The predicted octanol–water partition coefficient (Wildman–Crippen LogP) is 3.91. The molecule has 0 saturated carbocycles. The van der Waals surface area contributed by atoms with E-state index >= 15 is 0 Å². The molecule has 2 aromatic rings. The van der Waals surface area contributed by atoms with Crippen molar-refractivity contribution in [1.82, 2.24) is 35.6 Å². The zero-order valence-electron chi connectivity index (χ0n) is 41.8. The van der Waals surface area contributed by atoms with E-state index in [1.165, 1.54) is 0 Å². The number of benzene rings is 2. The Kier molecular flexibility index (Phi) is 31.7. The van der Waals surface area contributed by atoms with E-state index in [1.807, 2.05) is 56.2 Å². The van der Waals surface area contributed by atoms with Crippen molar-refractivity contribution >= 4 is 99.0 Å². The van der Waals surface area contributed by atoms with Crippen LogP contribution in [0.15, 0.2) is 48.5 Å². The Bertz CT molecular complexity index is 2060. The van der Waals surface area contributed by atoms with E-state index in [4.69, 9.17) is 24.4 Å². The number of hydrogen-bond donors (Lipinski definition) is 8. The number of anilines is 2. The molecule has 3 rings (SSSR count). The van der Waals surface area contributed by atoms with Crippen LogP contribution < -0.4 is 26.6 Å². The van der Waals surface area contributed by atoms with Gasteiger partial charge < -0.3 is 41.9 Å². The van der Waals surface area contributed by atoms with Crippen LogP contribution in [0.25, 0.3) is 0 Å². The number of hydrogen-bond acceptors (Lipinski definition) is 14. The number of ketones is 1. The minimum atomic E-state index is -1.04. The molecule has 72 heavy (non-hydrogen) atoms. The normalized spacial score (nSPS) is 15.4. The maximum absolute atomic E-state index is 13.8. The third-order valence-corrected chi connectivity index (χ3v) is 13.2. The number of rotatable bonds is 28. The number of nitrogens with one attached hydrogen (secondary N) is 5. The molecule has 19 nitrogen and oxygen atoms in total. The van der Waals surface area contributed by atoms with Crippen LogP contribution in [0.3, 0.4) is 0 Å². The maximum Gasteiger partial charge on any atom is 0.319 e. The molecule has 1 heterocycles. The van der Waals surface area contributed by atoms with Crippen LogP contribution in [0, 0.1) is 51.8 Å². The summed E-state index contributed by atoms with van der Waals surface area (Å²) in [7, 11) is 0. The van der Waals surface area contributed by atoms with Gasteiger partial charge >= 0.3 is 23.9 Å². The number of carbonyl (C=O) groups is 7. The molecular formula is C49H73GdN9O10S3. The van der Waals surface area contributed by atoms with Crippen molar-refractivity contribution in [2.45, 2.75) is 71.9 Å². The van der Waals surface area contributed by atoms with Crippen molar-refractivity contribution in [1.29, 1.82) is 0 Å². The fourth-order valence-corrected chi connectivity index (χ4v) is 8.77. The number of carboxylic acids is 3. The fourth-order valence-electron chi connectivity index (χ4n) is 7.87. The van der Waals surface area contributed by atoms with Gasteiger partial charge in [0.05, 0.1) is 37.2 Å². The van der Waals surface area contributed by atoms with Crippen molar-refractivity contribution in [3.05, 3.63) is 59.7 Å². The number of carboxylic acid groups (broad SMARTS) is 3. The van der Waals surface area contributed by atoms with Crippen molar-refractivity contribution in [2.24, 2.45) is 11.8 Å². The van der Waals surface area contributed by atoms with Crippen LogP contribution in [0.2, 0.25) is 0 Å². The van der Waals surface area contributed by atoms with Gasteiger partial charge in [0.25, 0.3) is 0 Å². The van der Waals surface area contributed by atoms with Crippen LogP contribution in [0.1, 0.15) is 64.0 Å². The van der Waals surface area contributed by atoms with E-state index in [0.29, 0.717) is 68.2 Å². The summed E-state index contributed by atoms with van der Waals surface area (Å²) in [6.45, 7) is 7.77. The second kappa shape index (κ2) is 35.4. The molecule has 0 aliphatic carbocycles. The molecule has 0 aromatic heterocycles. The Morgan fingerprint density at radius 1 is 0.694 bits per heavy atom. The molecule has 0 radical (unpaired) electrons. The summed E-state index contributed by atoms with van der Waals surface area (Å²) in [5.74, 6) is -3.87. The monoisotopic (exact) mass is 1200 g/mol. The summed E-state index contributed by atoms with van der Waals surface area (Å²) >= 11 is 12.3. The number of thiocarbonyl (C=S) groups is 2. The first-order valence-electron chi connectivity index (χ1n) is 24.0. The van der Waals surface area contributed by atoms with Crippen molar-refractivity contribution in [3.63, 3.8) is 0 Å². The second-order valence-electron chi connectivity index (χ2n) is 17.8. The number of thioether (sulfide) groups is 1. The average Bonchev–Trinajstić information content (AvgIpc) is 3.31. The zero-order chi connectivity index (χ0) is 52.3. The zero-order valence-corrected chi connectivity index (χ0v) is 46.5. The average molecular weight is 1200 g/mol. The molecule has 1 saturated heterocycles. The largest absolute Gasteiger partial charge is 0.480 e. The fraction of sp³-hybridized carbons (Fsp3) is 0.571. The molecule has 0 spiro atoms. The number of aliphatic carboxylic acids is 3. The smallest absolute Gasteiger partial charge is 0.319 e. The van der Waals surface area contributed by atoms with Gasteiger partial charge in [0.15, 0.2) is 5.78 Å². The Morgan fingerprint density at radius 3 is 1.62 bits per heavy atom. The molecule has 400 valence electrons. The summed E-state index contributed by atoms with van der Waals surface area (Å²) in [4.78, 5) is 97.0. The van der Waals surface area contributed by atoms with Gasteiger partial charge in [-0.1, -0.05) is 69.0 Å². The standard InChI is InChI=1S/C49H73N9O10S3.Gd/c1-5-34(2)41(48(67)50-17-6-7-40(70)27-36-8-12-38(13-9-36)52-35(3)69)28-43(59)42(16-26-71-4)54-49(68)53-39-14-10-37(11-15-39)29-51-44(60)30-55-18-20-56(31-45(61)62)22-24-58(33-47(65)66)25-23-57(21-19-55)32-46(63)64;/h8-15,34,41-42H,5-7,16-33H2,1-4H3,(H,50,67)(H,51,60)(H,52,69)(H,61,62)(H,63,64)(H,65,66)(H2,53,54,68);/t34-,41-,42-;/m0./s1. The second-order valence-corrected chi connectivity index (χ2v) is 20.0. The maximum atomic E-state index is 13.8. The van der Waals surface area contributed by atoms with Gasteiger partial charge in [-0.25, -0.2) is 4.79 Å². The predicted molar refractivity (Wildman–Crippen MR) is 285 cm³/mol. The van der Waals surface area contributed by atoms with Gasteiger partial charge in [-0.05, 0) is 84.4 Å². The van der Waals surface area contributed by atoms with E-state index in [0.717, 1.165) is 21.7 Å². The first-order chi connectivity index (χ1) is 33.8. The molecule has 23 heteroatoms. The summed E-state index contributed by atoms with van der Waals surface area (Å²) in [5.41, 5.74) is 3.22. The Hall–Kier alpha value is -3.78. The van der Waals surface area contributed by atoms with Gasteiger partial charge in [-0.2, -0.15) is 11.8 Å². The van der Waals surface area contributed by atoms with E-state index in [1.54, 1.807) is 50.7 Å². The van der Waals surface area contributed by atoms with Crippen LogP contribution in [-0.2, 0) is 41.7 Å². The number of nitrogens with zero attached hydrogens (tertiary/aromatic N) is 4. The SMILES string of the molecule is CC[C@H](C)[C@H](CC(=O)[C@H](CCSC)NC(=O)Nc1ccc(CNC(=O)CN2CCN(CC(=O)O)CCN(CC(=O)O)CCN(CC(=O)O)CC2)cc1)C(=O)NCCCC(=S)Cc1ccc(NC(C)=S)cc1.[Gd].